The van der Waals surface area contributed by atoms with Crippen LogP contribution in [0.15, 0.2) is 85.5 Å². The molecule has 33 heavy (non-hydrogen) atoms. The minimum atomic E-state index is -0.471. The Balaban J connectivity index is 1.58. The highest BCUT2D eigenvalue weighted by Gasteiger charge is 2.12. The lowest BCUT2D eigenvalue weighted by molar-refractivity contribution is 0.0447. The highest BCUT2D eigenvalue weighted by molar-refractivity contribution is 5.92. The smallest absolute Gasteiger partial charge is 0.343 e. The second kappa shape index (κ2) is 11.7. The minimum Gasteiger partial charge on any atom is -0.490 e. The largest absolute Gasteiger partial charge is 0.490 e. The van der Waals surface area contributed by atoms with Crippen LogP contribution in [-0.2, 0) is 4.74 Å². The predicted molar refractivity (Wildman–Crippen MR) is 129 cm³/mol. The second-order valence-electron chi connectivity index (χ2n) is 7.73. The zero-order chi connectivity index (χ0) is 23.6. The number of hydrogen-bond donors (Lipinski definition) is 0. The van der Waals surface area contributed by atoms with E-state index in [-0.39, 0.29) is 5.97 Å². The lowest BCUT2D eigenvalue weighted by Crippen LogP contribution is -2.12. The molecule has 0 aliphatic carbocycles. The van der Waals surface area contributed by atoms with Gasteiger partial charge in [-0.15, -0.1) is 0 Å². The van der Waals surface area contributed by atoms with Gasteiger partial charge < -0.3 is 14.2 Å². The first-order chi connectivity index (χ1) is 16.0. The summed E-state index contributed by atoms with van der Waals surface area (Å²) in [6.45, 7) is 8.55. The molecule has 3 aromatic carbocycles. The van der Waals surface area contributed by atoms with Crippen LogP contribution < -0.4 is 9.47 Å². The second-order valence-corrected chi connectivity index (χ2v) is 7.73. The number of esters is 2. The normalized spacial score (nSPS) is 11.3. The number of benzene rings is 3. The van der Waals surface area contributed by atoms with Crippen LogP contribution in [0.5, 0.6) is 11.5 Å². The lowest BCUT2D eigenvalue weighted by Gasteiger charge is -2.10. The molecule has 0 aliphatic heterocycles. The molecule has 0 unspecified atom stereocenters. The Morgan fingerprint density at radius 2 is 1.33 bits per heavy atom. The van der Waals surface area contributed by atoms with Crippen molar-refractivity contribution in [3.05, 3.63) is 96.6 Å². The number of rotatable bonds is 10. The van der Waals surface area contributed by atoms with Gasteiger partial charge in [0.05, 0.1) is 17.7 Å². The van der Waals surface area contributed by atoms with Gasteiger partial charge in [0.2, 0.25) is 0 Å². The maximum atomic E-state index is 12.5. The Morgan fingerprint density at radius 3 is 1.91 bits per heavy atom. The molecule has 0 fully saturated rings. The van der Waals surface area contributed by atoms with Crippen molar-refractivity contribution in [3.8, 4) is 22.6 Å². The molecule has 0 saturated heterocycles. The van der Waals surface area contributed by atoms with Gasteiger partial charge in [0.25, 0.3) is 0 Å². The number of ether oxygens (including phenoxy) is 3. The van der Waals surface area contributed by atoms with Gasteiger partial charge in [0, 0.05) is 0 Å². The van der Waals surface area contributed by atoms with E-state index in [2.05, 4.69) is 6.58 Å². The minimum absolute atomic E-state index is 0.316. The lowest BCUT2D eigenvalue weighted by atomic mass is 10.0. The summed E-state index contributed by atoms with van der Waals surface area (Å²) >= 11 is 0. The van der Waals surface area contributed by atoms with Crippen molar-refractivity contribution in [2.24, 2.45) is 5.92 Å². The monoisotopic (exact) mass is 444 g/mol. The Labute approximate surface area is 194 Å². The van der Waals surface area contributed by atoms with E-state index < -0.39 is 5.97 Å². The van der Waals surface area contributed by atoms with E-state index in [9.17, 15) is 9.59 Å². The van der Waals surface area contributed by atoms with Crippen molar-refractivity contribution in [2.45, 2.75) is 20.3 Å². The van der Waals surface area contributed by atoms with Crippen molar-refractivity contribution >= 4 is 11.9 Å². The van der Waals surface area contributed by atoms with Gasteiger partial charge in [-0.3, -0.25) is 0 Å². The SMILES string of the molecule is C=CCOc1ccc(-c2ccc(C(=O)Oc3ccc(C(=O)OC[C@@H](C)CC)cc3)cc2)cc1. The van der Waals surface area contributed by atoms with E-state index in [4.69, 9.17) is 14.2 Å². The topological polar surface area (TPSA) is 61.8 Å². The summed E-state index contributed by atoms with van der Waals surface area (Å²) in [5.41, 5.74) is 2.84. The van der Waals surface area contributed by atoms with Crippen LogP contribution in [0.1, 0.15) is 41.0 Å². The summed E-state index contributed by atoms with van der Waals surface area (Å²) in [6, 6.07) is 21.2. The number of carbonyl (C=O) groups excluding carboxylic acids is 2. The Hall–Kier alpha value is -3.86. The Kier molecular flexibility index (Phi) is 8.42. The predicted octanol–water partition coefficient (Wildman–Crippen LogP) is 6.34. The highest BCUT2D eigenvalue weighted by Crippen LogP contribution is 2.23. The fourth-order valence-electron chi connectivity index (χ4n) is 2.94. The van der Waals surface area contributed by atoms with E-state index in [1.165, 1.54) is 0 Å². The molecule has 3 aromatic rings. The third kappa shape index (κ3) is 6.81. The standard InChI is InChI=1S/C28H28O5/c1-4-18-31-25-14-10-22(11-15-25)21-6-8-24(9-7-21)28(30)33-26-16-12-23(13-17-26)27(29)32-19-20(3)5-2/h4,6-17,20H,1,5,18-19H2,2-3H3/t20-/m0/s1. The first-order valence-corrected chi connectivity index (χ1v) is 10.9. The molecule has 0 aliphatic rings. The molecule has 0 amide bonds. The fourth-order valence-corrected chi connectivity index (χ4v) is 2.94. The number of hydrogen-bond acceptors (Lipinski definition) is 5. The van der Waals surface area contributed by atoms with Crippen molar-refractivity contribution in [1.82, 2.24) is 0 Å². The average molecular weight is 445 g/mol. The third-order valence-electron chi connectivity index (χ3n) is 5.17. The third-order valence-corrected chi connectivity index (χ3v) is 5.17. The average Bonchev–Trinajstić information content (AvgIpc) is 2.86. The van der Waals surface area contributed by atoms with Gasteiger partial charge in [-0.1, -0.05) is 57.2 Å². The van der Waals surface area contributed by atoms with Crippen molar-refractivity contribution < 1.29 is 23.8 Å². The maximum Gasteiger partial charge on any atom is 0.343 e. The molecule has 0 aromatic heterocycles. The van der Waals surface area contributed by atoms with Crippen LogP contribution in [0.2, 0.25) is 0 Å². The van der Waals surface area contributed by atoms with Crippen LogP contribution in [0, 0.1) is 5.92 Å². The van der Waals surface area contributed by atoms with Gasteiger partial charge in [-0.25, -0.2) is 9.59 Å². The fraction of sp³-hybridized carbons (Fsp3) is 0.214. The van der Waals surface area contributed by atoms with E-state index in [0.717, 1.165) is 23.3 Å². The summed E-state index contributed by atoms with van der Waals surface area (Å²) in [6.07, 6.45) is 2.64. The van der Waals surface area contributed by atoms with E-state index in [0.29, 0.717) is 36.0 Å². The molecule has 3 rings (SSSR count). The first kappa shape index (κ1) is 23.8. The molecule has 5 nitrogen and oxygen atoms in total. The van der Waals surface area contributed by atoms with Crippen molar-refractivity contribution in [1.29, 1.82) is 0 Å². The molecular weight excluding hydrogens is 416 g/mol. The van der Waals surface area contributed by atoms with Crippen LogP contribution >= 0.6 is 0 Å². The van der Waals surface area contributed by atoms with E-state index in [1.807, 2.05) is 50.2 Å². The summed E-state index contributed by atoms with van der Waals surface area (Å²) in [5.74, 6) is 0.591. The van der Waals surface area contributed by atoms with Crippen LogP contribution in [0.3, 0.4) is 0 Å². The summed E-state index contributed by atoms with van der Waals surface area (Å²) in [5, 5.41) is 0. The molecule has 170 valence electrons. The molecule has 0 N–H and O–H groups in total. The highest BCUT2D eigenvalue weighted by atomic mass is 16.5. The van der Waals surface area contributed by atoms with Crippen LogP contribution in [0.25, 0.3) is 11.1 Å². The van der Waals surface area contributed by atoms with Gasteiger partial charge in [0.1, 0.15) is 18.1 Å². The molecule has 0 radical (unpaired) electrons. The zero-order valence-corrected chi connectivity index (χ0v) is 19.0. The molecule has 0 saturated carbocycles. The van der Waals surface area contributed by atoms with E-state index >= 15 is 0 Å². The summed E-state index contributed by atoms with van der Waals surface area (Å²) < 4.78 is 16.2. The molecule has 0 heterocycles. The molecule has 5 heteroatoms. The summed E-state index contributed by atoms with van der Waals surface area (Å²) in [4.78, 5) is 24.6. The summed E-state index contributed by atoms with van der Waals surface area (Å²) in [7, 11) is 0. The molecule has 0 spiro atoms. The zero-order valence-electron chi connectivity index (χ0n) is 19.0. The molecule has 0 bridgehead atoms. The van der Waals surface area contributed by atoms with Gasteiger partial charge >= 0.3 is 11.9 Å². The number of carbonyl (C=O) groups is 2. The van der Waals surface area contributed by atoms with Crippen LogP contribution in [0.4, 0.5) is 0 Å². The Bertz CT molecular complexity index is 1070. The quantitative estimate of drug-likeness (QED) is 0.207. The molecule has 1 atom stereocenters. The van der Waals surface area contributed by atoms with Gasteiger partial charge in [-0.05, 0) is 65.6 Å². The van der Waals surface area contributed by atoms with Crippen molar-refractivity contribution in [3.63, 3.8) is 0 Å². The maximum absolute atomic E-state index is 12.5. The van der Waals surface area contributed by atoms with Gasteiger partial charge in [-0.2, -0.15) is 0 Å². The van der Waals surface area contributed by atoms with Crippen molar-refractivity contribution in [2.75, 3.05) is 13.2 Å². The van der Waals surface area contributed by atoms with Gasteiger partial charge in [0.15, 0.2) is 0 Å². The first-order valence-electron chi connectivity index (χ1n) is 10.9. The van der Waals surface area contributed by atoms with Crippen LogP contribution in [-0.4, -0.2) is 25.2 Å². The Morgan fingerprint density at radius 1 is 0.818 bits per heavy atom. The molecular formula is C28H28O5. The van der Waals surface area contributed by atoms with E-state index in [1.54, 1.807) is 42.5 Å².